The van der Waals surface area contributed by atoms with Gasteiger partial charge in [-0.3, -0.25) is 0 Å². The molecule has 1 atom stereocenters. The molecule has 2 rings (SSSR count). The molecule has 0 N–H and O–H groups in total. The molecule has 6 heteroatoms. The van der Waals surface area contributed by atoms with Crippen LogP contribution in [0, 0.1) is 0 Å². The minimum absolute atomic E-state index is 0.332. The zero-order chi connectivity index (χ0) is 15.3. The van der Waals surface area contributed by atoms with Gasteiger partial charge < -0.3 is 9.63 Å². The summed E-state index contributed by atoms with van der Waals surface area (Å²) < 4.78 is 16.1. The van der Waals surface area contributed by atoms with Gasteiger partial charge in [-0.15, -0.1) is 0 Å². The lowest BCUT2D eigenvalue weighted by atomic mass is 9.80. The number of ether oxygens (including phenoxy) is 1. The molecule has 0 aromatic rings. The van der Waals surface area contributed by atoms with Crippen LogP contribution >= 0.6 is 7.94 Å². The number of carbonyl (C=O) groups excluding carboxylic acids is 1. The summed E-state index contributed by atoms with van der Waals surface area (Å²) in [4.78, 5) is 24.1. The van der Waals surface area contributed by atoms with E-state index in [9.17, 15) is 9.69 Å². The largest absolute Gasteiger partial charge is 0.627 e. The van der Waals surface area contributed by atoms with Gasteiger partial charge in [-0.2, -0.15) is 4.52 Å². The lowest BCUT2D eigenvalue weighted by Crippen LogP contribution is -2.34. The van der Waals surface area contributed by atoms with Gasteiger partial charge >= 0.3 is 5.97 Å². The Morgan fingerprint density at radius 3 is 2.71 bits per heavy atom. The van der Waals surface area contributed by atoms with Gasteiger partial charge in [-0.05, 0) is 32.8 Å². The first kappa shape index (κ1) is 16.6. The van der Waals surface area contributed by atoms with E-state index >= 15 is 0 Å². The molecule has 0 aromatic carbocycles. The molecular formula is C15H23O5P. The summed E-state index contributed by atoms with van der Waals surface area (Å²) in [6.07, 6.45) is 7.86. The van der Waals surface area contributed by atoms with E-state index in [-0.39, 0.29) is 0 Å². The number of hydrogen-bond donors (Lipinski definition) is 0. The first-order valence-corrected chi connectivity index (χ1v) is 9.18. The van der Waals surface area contributed by atoms with Crippen molar-refractivity contribution in [3.63, 3.8) is 0 Å². The van der Waals surface area contributed by atoms with Gasteiger partial charge in [0.25, 0.3) is 7.94 Å². The Hall–Kier alpha value is -0.740. The fourth-order valence-corrected chi connectivity index (χ4v) is 4.88. The predicted molar refractivity (Wildman–Crippen MR) is 79.3 cm³/mol. The Morgan fingerprint density at radius 1 is 1.38 bits per heavy atom. The van der Waals surface area contributed by atoms with Crippen molar-refractivity contribution in [2.45, 2.75) is 51.6 Å². The maximum Gasteiger partial charge on any atom is 0.330 e. The minimum atomic E-state index is -3.20. The molecule has 1 aliphatic carbocycles. The summed E-state index contributed by atoms with van der Waals surface area (Å²) in [6.45, 7) is 4.21. The topological polar surface area (TPSA) is 67.8 Å². The van der Waals surface area contributed by atoms with Gasteiger partial charge in [0.1, 0.15) is 11.4 Å². The van der Waals surface area contributed by atoms with Gasteiger partial charge in [0, 0.05) is 11.6 Å². The molecule has 1 unspecified atom stereocenters. The van der Waals surface area contributed by atoms with Gasteiger partial charge in [0.05, 0.1) is 13.2 Å². The van der Waals surface area contributed by atoms with Crippen molar-refractivity contribution in [2.75, 3.05) is 13.2 Å². The normalized spacial score (nSPS) is 28.0. The average Bonchev–Trinajstić information content (AvgIpc) is 2.70. The van der Waals surface area contributed by atoms with Crippen LogP contribution in [0.4, 0.5) is 0 Å². The summed E-state index contributed by atoms with van der Waals surface area (Å²) >= 11 is 0. The average molecular weight is 314 g/mol. The third-order valence-electron chi connectivity index (χ3n) is 3.78. The van der Waals surface area contributed by atoms with Crippen LogP contribution in [-0.2, 0) is 18.6 Å². The zero-order valence-corrected chi connectivity index (χ0v) is 13.6. The SMILES string of the molecule is CCOC(=O)/C=C/C1=C[P+]([O-])(OCC)OC12CCCCC2. The van der Waals surface area contributed by atoms with Gasteiger partial charge in [0.15, 0.2) is 0 Å². The second-order valence-electron chi connectivity index (χ2n) is 5.27. The molecule has 5 nitrogen and oxygen atoms in total. The molecule has 118 valence electrons. The molecule has 1 saturated carbocycles. The van der Waals surface area contributed by atoms with E-state index in [1.807, 2.05) is 0 Å². The summed E-state index contributed by atoms with van der Waals surface area (Å²) in [5.74, 6) is 1.17. The van der Waals surface area contributed by atoms with Crippen LogP contribution in [0.1, 0.15) is 46.0 Å². The first-order chi connectivity index (χ1) is 10.0. The molecule has 21 heavy (non-hydrogen) atoms. The molecular weight excluding hydrogens is 291 g/mol. The highest BCUT2D eigenvalue weighted by atomic mass is 31.2. The summed E-state index contributed by atoms with van der Waals surface area (Å²) in [7, 11) is -3.20. The van der Waals surface area contributed by atoms with Crippen LogP contribution in [0.3, 0.4) is 0 Å². The van der Waals surface area contributed by atoms with E-state index in [1.165, 1.54) is 6.08 Å². The monoisotopic (exact) mass is 314 g/mol. The molecule has 2 aliphatic rings. The molecule has 0 saturated heterocycles. The Bertz CT molecular complexity index is 439. The lowest BCUT2D eigenvalue weighted by molar-refractivity contribution is -0.221. The van der Waals surface area contributed by atoms with E-state index in [4.69, 9.17) is 13.8 Å². The summed E-state index contributed by atoms with van der Waals surface area (Å²) in [5, 5.41) is 0. The van der Waals surface area contributed by atoms with Crippen LogP contribution in [0.25, 0.3) is 0 Å². The van der Waals surface area contributed by atoms with Gasteiger partial charge in [-0.25, -0.2) is 9.32 Å². The van der Waals surface area contributed by atoms with Crippen LogP contribution in [0.2, 0.25) is 0 Å². The quantitative estimate of drug-likeness (QED) is 0.443. The summed E-state index contributed by atoms with van der Waals surface area (Å²) in [5.41, 5.74) is 0.221. The highest BCUT2D eigenvalue weighted by molar-refractivity contribution is 7.62. The minimum Gasteiger partial charge on any atom is -0.627 e. The van der Waals surface area contributed by atoms with Crippen molar-refractivity contribution in [3.05, 3.63) is 23.5 Å². The van der Waals surface area contributed by atoms with E-state index in [0.29, 0.717) is 13.2 Å². The van der Waals surface area contributed by atoms with E-state index in [1.54, 1.807) is 25.7 Å². The fourth-order valence-electron chi connectivity index (χ4n) is 2.90. The Kier molecular flexibility index (Phi) is 5.55. The molecule has 1 fully saturated rings. The zero-order valence-electron chi connectivity index (χ0n) is 12.7. The lowest BCUT2D eigenvalue weighted by Gasteiger charge is -2.34. The standard InChI is InChI=1S/C15H23O5P/c1-3-18-14(16)9-8-13-12-21(17,19-4-2)20-15(13)10-6-5-7-11-15/h8-9,12H,3-7,10-11H2,1-2H3/b9-8+. The van der Waals surface area contributed by atoms with E-state index in [0.717, 1.165) is 37.7 Å². The van der Waals surface area contributed by atoms with Crippen molar-refractivity contribution in [2.24, 2.45) is 0 Å². The molecule has 0 bridgehead atoms. The third kappa shape index (κ3) is 3.92. The number of rotatable bonds is 5. The highest BCUT2D eigenvalue weighted by Gasteiger charge is 2.52. The molecule has 1 spiro atoms. The first-order valence-electron chi connectivity index (χ1n) is 7.57. The van der Waals surface area contributed by atoms with Crippen molar-refractivity contribution < 1.29 is 23.5 Å². The van der Waals surface area contributed by atoms with Crippen LogP contribution in [0.5, 0.6) is 0 Å². The van der Waals surface area contributed by atoms with E-state index < -0.39 is 19.5 Å². The second kappa shape index (κ2) is 7.01. The molecule has 0 radical (unpaired) electrons. The molecule has 1 aliphatic heterocycles. The van der Waals surface area contributed by atoms with Crippen molar-refractivity contribution in [1.82, 2.24) is 0 Å². The Labute approximate surface area is 126 Å². The van der Waals surface area contributed by atoms with Gasteiger partial charge in [0.2, 0.25) is 0 Å². The predicted octanol–water partition coefficient (Wildman–Crippen LogP) is 2.88. The second-order valence-corrected chi connectivity index (χ2v) is 7.05. The summed E-state index contributed by atoms with van der Waals surface area (Å²) in [6, 6.07) is 0. The van der Waals surface area contributed by atoms with Crippen molar-refractivity contribution >= 4 is 13.9 Å². The maximum absolute atomic E-state index is 12.6. The smallest absolute Gasteiger partial charge is 0.330 e. The maximum atomic E-state index is 12.6. The third-order valence-corrected chi connectivity index (χ3v) is 5.60. The van der Waals surface area contributed by atoms with Crippen LogP contribution in [-0.4, -0.2) is 24.8 Å². The molecule has 1 heterocycles. The number of esters is 1. The Morgan fingerprint density at radius 2 is 2.10 bits per heavy atom. The van der Waals surface area contributed by atoms with Crippen LogP contribution < -0.4 is 4.89 Å². The Balaban J connectivity index is 2.20. The van der Waals surface area contributed by atoms with Crippen molar-refractivity contribution in [1.29, 1.82) is 0 Å². The van der Waals surface area contributed by atoms with Crippen LogP contribution in [0.15, 0.2) is 23.5 Å². The molecule has 0 aromatic heterocycles. The van der Waals surface area contributed by atoms with E-state index in [2.05, 4.69) is 0 Å². The molecule has 0 amide bonds. The number of carbonyl (C=O) groups is 1. The van der Waals surface area contributed by atoms with Gasteiger partial charge in [-0.1, -0.05) is 19.3 Å². The van der Waals surface area contributed by atoms with Crippen molar-refractivity contribution in [3.8, 4) is 0 Å². The highest BCUT2D eigenvalue weighted by Crippen LogP contribution is 2.66. The number of hydrogen-bond acceptors (Lipinski definition) is 5. The fraction of sp³-hybridized carbons (Fsp3) is 0.667.